The lowest BCUT2D eigenvalue weighted by Crippen LogP contribution is -2.52. The van der Waals surface area contributed by atoms with E-state index in [4.69, 9.17) is 0 Å². The van der Waals surface area contributed by atoms with Crippen molar-refractivity contribution in [3.63, 3.8) is 0 Å². The predicted octanol–water partition coefficient (Wildman–Crippen LogP) is 3.71. The van der Waals surface area contributed by atoms with Crippen LogP contribution in [0.4, 0.5) is 5.69 Å². The molecular weight excluding hydrogens is 486 g/mol. The minimum atomic E-state index is -3.77. The van der Waals surface area contributed by atoms with Crippen molar-refractivity contribution in [2.24, 2.45) is 0 Å². The quantitative estimate of drug-likeness (QED) is 0.417. The first-order valence-corrected chi connectivity index (χ1v) is 14.1. The van der Waals surface area contributed by atoms with Crippen molar-refractivity contribution in [1.29, 1.82) is 0 Å². The third kappa shape index (κ3) is 7.67. The van der Waals surface area contributed by atoms with Gasteiger partial charge in [-0.1, -0.05) is 79.2 Å². The second-order valence-electron chi connectivity index (χ2n) is 9.12. The fourth-order valence-electron chi connectivity index (χ4n) is 4.24. The van der Waals surface area contributed by atoms with E-state index < -0.39 is 28.5 Å². The summed E-state index contributed by atoms with van der Waals surface area (Å²) >= 11 is 0. The number of sulfonamides is 1. The smallest absolute Gasteiger partial charge is 0.244 e. The minimum Gasteiger partial charge on any atom is -0.357 e. The molecule has 0 spiro atoms. The van der Waals surface area contributed by atoms with Gasteiger partial charge in [-0.3, -0.25) is 13.9 Å². The van der Waals surface area contributed by atoms with Crippen molar-refractivity contribution in [3.05, 3.63) is 101 Å². The van der Waals surface area contributed by atoms with Crippen molar-refractivity contribution in [3.8, 4) is 0 Å². The molecule has 0 bridgehead atoms. The van der Waals surface area contributed by atoms with Gasteiger partial charge in [0.25, 0.3) is 0 Å². The van der Waals surface area contributed by atoms with Crippen molar-refractivity contribution in [2.75, 3.05) is 24.2 Å². The maximum absolute atomic E-state index is 13.9. The van der Waals surface area contributed by atoms with Crippen LogP contribution in [-0.2, 0) is 39.0 Å². The Kier molecular flexibility index (Phi) is 9.47. The Morgan fingerprint density at radius 2 is 1.54 bits per heavy atom. The first-order chi connectivity index (χ1) is 17.6. The zero-order valence-electron chi connectivity index (χ0n) is 21.8. The minimum absolute atomic E-state index is 0.164. The largest absolute Gasteiger partial charge is 0.357 e. The summed E-state index contributed by atoms with van der Waals surface area (Å²) in [7, 11) is -2.24. The summed E-state index contributed by atoms with van der Waals surface area (Å²) in [6.45, 7) is 3.72. The van der Waals surface area contributed by atoms with Crippen LogP contribution < -0.4 is 9.62 Å². The summed E-state index contributed by atoms with van der Waals surface area (Å²) in [5.74, 6) is -0.779. The van der Waals surface area contributed by atoms with Gasteiger partial charge in [0.15, 0.2) is 0 Å². The normalized spacial score (nSPS) is 12.0. The molecule has 0 saturated heterocycles. The molecule has 0 fully saturated rings. The molecule has 7 nitrogen and oxygen atoms in total. The lowest BCUT2D eigenvalue weighted by molar-refractivity contribution is -0.139. The highest BCUT2D eigenvalue weighted by molar-refractivity contribution is 7.92. The van der Waals surface area contributed by atoms with E-state index in [9.17, 15) is 18.0 Å². The monoisotopic (exact) mass is 521 g/mol. The molecule has 0 radical (unpaired) electrons. The summed E-state index contributed by atoms with van der Waals surface area (Å²) in [6, 6.07) is 23.5. The Hall–Kier alpha value is -3.65. The van der Waals surface area contributed by atoms with Gasteiger partial charge in [-0.05, 0) is 42.2 Å². The number of hydrogen-bond acceptors (Lipinski definition) is 4. The van der Waals surface area contributed by atoms with Crippen molar-refractivity contribution < 1.29 is 18.0 Å². The lowest BCUT2D eigenvalue weighted by atomic mass is 10.0. The topological polar surface area (TPSA) is 86.8 Å². The number of hydrogen-bond donors (Lipinski definition) is 1. The highest BCUT2D eigenvalue weighted by Gasteiger charge is 2.32. The molecule has 3 aromatic rings. The van der Waals surface area contributed by atoms with Gasteiger partial charge in [-0.2, -0.15) is 0 Å². The van der Waals surface area contributed by atoms with Crippen LogP contribution in [0.15, 0.2) is 78.9 Å². The summed E-state index contributed by atoms with van der Waals surface area (Å²) in [4.78, 5) is 28.5. The molecule has 0 aliphatic heterocycles. The second kappa shape index (κ2) is 12.5. The third-order valence-corrected chi connectivity index (χ3v) is 7.41. The van der Waals surface area contributed by atoms with Crippen LogP contribution in [0.5, 0.6) is 0 Å². The number of carbonyl (C=O) groups excluding carboxylic acids is 2. The number of nitrogens with one attached hydrogen (secondary N) is 1. The Bertz CT molecular complexity index is 1310. The maximum atomic E-state index is 13.9. The highest BCUT2D eigenvalue weighted by atomic mass is 32.2. The maximum Gasteiger partial charge on any atom is 0.244 e. The van der Waals surface area contributed by atoms with Crippen LogP contribution in [0.1, 0.15) is 29.2 Å². The zero-order chi connectivity index (χ0) is 27.0. The van der Waals surface area contributed by atoms with Crippen molar-refractivity contribution in [2.45, 2.75) is 39.3 Å². The zero-order valence-corrected chi connectivity index (χ0v) is 22.7. The van der Waals surface area contributed by atoms with E-state index in [0.29, 0.717) is 12.1 Å². The van der Waals surface area contributed by atoms with E-state index in [1.165, 1.54) is 11.9 Å². The van der Waals surface area contributed by atoms with E-state index in [2.05, 4.69) is 5.32 Å². The number of benzene rings is 3. The fraction of sp³-hybridized carbons (Fsp3) is 0.310. The molecule has 196 valence electrons. The molecule has 2 amide bonds. The van der Waals surface area contributed by atoms with Gasteiger partial charge in [0.05, 0.1) is 11.9 Å². The summed E-state index contributed by atoms with van der Waals surface area (Å²) in [6.07, 6.45) is 2.19. The van der Waals surface area contributed by atoms with Crippen molar-refractivity contribution >= 4 is 27.5 Å². The van der Waals surface area contributed by atoms with Gasteiger partial charge in [0, 0.05) is 20.0 Å². The third-order valence-electron chi connectivity index (χ3n) is 6.26. The molecule has 0 aromatic heterocycles. The number of carbonyl (C=O) groups is 2. The van der Waals surface area contributed by atoms with E-state index in [1.54, 1.807) is 12.1 Å². The Labute approximate surface area is 220 Å². The average molecular weight is 522 g/mol. The molecule has 0 heterocycles. The number of nitrogens with zero attached hydrogens (tertiary/aromatic N) is 2. The molecule has 1 atom stereocenters. The molecule has 3 aromatic carbocycles. The molecule has 0 aliphatic rings. The van der Waals surface area contributed by atoms with Crippen molar-refractivity contribution in [1.82, 2.24) is 10.2 Å². The van der Waals surface area contributed by atoms with E-state index >= 15 is 0 Å². The SMILES string of the molecule is CCc1ccc(N(CC(=O)N(Cc2cccc(C)c2)C(Cc2ccccc2)C(=O)NC)S(C)(=O)=O)cc1. The van der Waals surface area contributed by atoms with Crippen LogP contribution in [0, 0.1) is 6.92 Å². The van der Waals surface area contributed by atoms with Crippen LogP contribution in [0.25, 0.3) is 0 Å². The number of anilines is 1. The Morgan fingerprint density at radius 1 is 0.892 bits per heavy atom. The Balaban J connectivity index is 2.01. The number of likely N-dealkylation sites (N-methyl/N-ethyl adjacent to an activating group) is 1. The molecule has 0 aliphatic carbocycles. The van der Waals surface area contributed by atoms with E-state index in [-0.39, 0.29) is 12.5 Å². The predicted molar refractivity (Wildman–Crippen MR) is 148 cm³/mol. The highest BCUT2D eigenvalue weighted by Crippen LogP contribution is 2.21. The molecule has 37 heavy (non-hydrogen) atoms. The molecule has 1 N–H and O–H groups in total. The van der Waals surface area contributed by atoms with E-state index in [1.807, 2.05) is 80.6 Å². The second-order valence-corrected chi connectivity index (χ2v) is 11.0. The van der Waals surface area contributed by atoms with Crippen LogP contribution >= 0.6 is 0 Å². The van der Waals surface area contributed by atoms with Crippen LogP contribution in [0.2, 0.25) is 0 Å². The summed E-state index contributed by atoms with van der Waals surface area (Å²) in [5, 5.41) is 2.68. The van der Waals surface area contributed by atoms with Gasteiger partial charge in [0.2, 0.25) is 21.8 Å². The van der Waals surface area contributed by atoms with Gasteiger partial charge < -0.3 is 10.2 Å². The van der Waals surface area contributed by atoms with Crippen LogP contribution in [0.3, 0.4) is 0 Å². The standard InChI is InChI=1S/C29H35N3O4S/c1-5-23-14-16-26(17-15-23)32(37(4,35)36)21-28(33)31(20-25-13-9-10-22(2)18-25)27(29(34)30-3)19-24-11-7-6-8-12-24/h6-18,27H,5,19-21H2,1-4H3,(H,30,34). The van der Waals surface area contributed by atoms with Gasteiger partial charge in [-0.25, -0.2) is 8.42 Å². The average Bonchev–Trinajstić information content (AvgIpc) is 2.88. The van der Waals surface area contributed by atoms with Gasteiger partial charge >= 0.3 is 0 Å². The number of rotatable bonds is 11. The van der Waals surface area contributed by atoms with Gasteiger partial charge in [-0.15, -0.1) is 0 Å². The first kappa shape index (κ1) is 27.9. The van der Waals surface area contributed by atoms with Crippen LogP contribution in [-0.4, -0.2) is 51.0 Å². The molecule has 0 saturated carbocycles. The first-order valence-electron chi connectivity index (χ1n) is 12.3. The molecule has 1 unspecified atom stereocenters. The van der Waals surface area contributed by atoms with Gasteiger partial charge in [0.1, 0.15) is 12.6 Å². The number of aryl methyl sites for hydroxylation is 2. The summed E-state index contributed by atoms with van der Waals surface area (Å²) in [5.41, 5.74) is 4.25. The lowest BCUT2D eigenvalue weighted by Gasteiger charge is -2.33. The molecule has 3 rings (SSSR count). The van der Waals surface area contributed by atoms with E-state index in [0.717, 1.165) is 39.2 Å². The fourth-order valence-corrected chi connectivity index (χ4v) is 5.09. The number of amides is 2. The molecular formula is C29H35N3O4S. The molecule has 8 heteroatoms. The summed E-state index contributed by atoms with van der Waals surface area (Å²) < 4.78 is 26.6. The Morgan fingerprint density at radius 3 is 2.11 bits per heavy atom.